The topological polar surface area (TPSA) is 81.8 Å². The van der Waals surface area contributed by atoms with Crippen LogP contribution in [-0.4, -0.2) is 12.2 Å². The molecule has 0 aromatic heterocycles. The third-order valence-electron chi connectivity index (χ3n) is 6.65. The Morgan fingerprint density at radius 1 is 0.679 bits per heavy atom. The highest BCUT2D eigenvalue weighted by molar-refractivity contribution is 5.26. The molecule has 0 aromatic carbocycles. The summed E-state index contributed by atoms with van der Waals surface area (Å²) in [6.45, 7) is 2.32. The van der Waals surface area contributed by atoms with Crippen LogP contribution in [0.5, 0.6) is 0 Å². The zero-order chi connectivity index (χ0) is 20.9. The van der Waals surface area contributed by atoms with Crippen LogP contribution in [0.4, 0.5) is 0 Å². The maximum absolute atomic E-state index is 8.35. The van der Waals surface area contributed by atoms with Crippen molar-refractivity contribution in [2.45, 2.75) is 122 Å². The van der Waals surface area contributed by atoms with E-state index in [9.17, 15) is 0 Å². The fourth-order valence-electron chi connectivity index (χ4n) is 5.32. The Bertz CT molecular complexity index is 371. The molecule has 0 heterocycles. The zero-order valence-electron chi connectivity index (χ0n) is 18.3. The first kappa shape index (κ1) is 26.8. The second-order valence-corrected chi connectivity index (χ2v) is 8.57. The SMILES string of the molecule is CCCCCCCCCC(C1CCCCC1)C1CCCCC1.N=C=O.N=C=O. The second kappa shape index (κ2) is 20.5. The van der Waals surface area contributed by atoms with Gasteiger partial charge < -0.3 is 0 Å². The van der Waals surface area contributed by atoms with E-state index in [1.54, 1.807) is 32.1 Å². The normalized spacial score (nSPS) is 17.5. The number of rotatable bonds is 10. The van der Waals surface area contributed by atoms with Crippen LogP contribution in [0.15, 0.2) is 0 Å². The predicted molar refractivity (Wildman–Crippen MR) is 116 cm³/mol. The fraction of sp³-hybridized carbons (Fsp3) is 0.917. The standard InChI is InChI=1S/C22H42.2CHNO/c1-2-3-4-5-6-7-14-19-22(20-15-10-8-11-16-20)21-17-12-9-13-18-21;2*2-1-3/h20-22H,2-19H2,1H3;2*2H. The minimum absolute atomic E-state index is 0.750. The van der Waals surface area contributed by atoms with Crippen molar-refractivity contribution in [1.82, 2.24) is 0 Å². The average Bonchev–Trinajstić information content (AvgIpc) is 2.73. The predicted octanol–water partition coefficient (Wildman–Crippen LogP) is 7.71. The summed E-state index contributed by atoms with van der Waals surface area (Å²) in [7, 11) is 0. The van der Waals surface area contributed by atoms with E-state index >= 15 is 0 Å². The summed E-state index contributed by atoms with van der Waals surface area (Å²) in [6.07, 6.45) is 28.9. The molecule has 0 unspecified atom stereocenters. The third-order valence-corrected chi connectivity index (χ3v) is 6.65. The minimum atomic E-state index is 0.750. The van der Waals surface area contributed by atoms with Crippen molar-refractivity contribution >= 4 is 12.2 Å². The van der Waals surface area contributed by atoms with Crippen molar-refractivity contribution in [3.63, 3.8) is 0 Å². The molecule has 2 aliphatic carbocycles. The molecule has 0 aliphatic heterocycles. The van der Waals surface area contributed by atoms with E-state index in [0.29, 0.717) is 0 Å². The Morgan fingerprint density at radius 3 is 1.43 bits per heavy atom. The fourth-order valence-corrected chi connectivity index (χ4v) is 5.32. The molecule has 28 heavy (non-hydrogen) atoms. The van der Waals surface area contributed by atoms with Gasteiger partial charge in [0.15, 0.2) is 0 Å². The summed E-state index contributed by atoms with van der Waals surface area (Å²) >= 11 is 0. The van der Waals surface area contributed by atoms with E-state index in [-0.39, 0.29) is 0 Å². The van der Waals surface area contributed by atoms with Crippen molar-refractivity contribution in [2.75, 3.05) is 0 Å². The van der Waals surface area contributed by atoms with Crippen LogP contribution < -0.4 is 0 Å². The Labute approximate surface area is 173 Å². The third kappa shape index (κ3) is 13.9. The van der Waals surface area contributed by atoms with E-state index in [4.69, 9.17) is 20.4 Å². The number of carbonyl (C=O) groups excluding carboxylic acids is 2. The molecule has 4 nitrogen and oxygen atoms in total. The highest BCUT2D eigenvalue weighted by atomic mass is 16.1. The molecule has 0 atom stereocenters. The van der Waals surface area contributed by atoms with Gasteiger partial charge in [0.25, 0.3) is 0 Å². The molecule has 0 saturated heterocycles. The van der Waals surface area contributed by atoms with Crippen molar-refractivity contribution in [1.29, 1.82) is 10.8 Å². The van der Waals surface area contributed by atoms with Gasteiger partial charge in [0, 0.05) is 0 Å². The molecular formula is C24H44N2O2. The van der Waals surface area contributed by atoms with Crippen LogP contribution >= 0.6 is 0 Å². The van der Waals surface area contributed by atoms with Gasteiger partial charge in [-0.05, 0) is 24.2 Å². The van der Waals surface area contributed by atoms with Crippen LogP contribution in [0.3, 0.4) is 0 Å². The molecule has 4 heteroatoms. The van der Waals surface area contributed by atoms with Gasteiger partial charge in [0.2, 0.25) is 12.2 Å². The van der Waals surface area contributed by atoms with Crippen LogP contribution in [0.2, 0.25) is 0 Å². The van der Waals surface area contributed by atoms with Gasteiger partial charge >= 0.3 is 0 Å². The summed E-state index contributed by atoms with van der Waals surface area (Å²) in [6, 6.07) is 0. The lowest BCUT2D eigenvalue weighted by Crippen LogP contribution is -2.27. The molecule has 162 valence electrons. The number of unbranched alkanes of at least 4 members (excludes halogenated alkanes) is 6. The maximum atomic E-state index is 8.35. The van der Waals surface area contributed by atoms with Gasteiger partial charge in [-0.2, -0.15) is 0 Å². The van der Waals surface area contributed by atoms with Crippen molar-refractivity contribution in [3.05, 3.63) is 0 Å². The molecule has 2 N–H and O–H groups in total. The van der Waals surface area contributed by atoms with E-state index in [2.05, 4.69) is 6.92 Å². The maximum Gasteiger partial charge on any atom is 0.231 e. The Morgan fingerprint density at radius 2 is 1.04 bits per heavy atom. The van der Waals surface area contributed by atoms with E-state index in [1.165, 1.54) is 83.5 Å². The molecule has 0 aromatic rings. The van der Waals surface area contributed by atoms with Crippen LogP contribution in [-0.2, 0) is 9.59 Å². The van der Waals surface area contributed by atoms with Crippen LogP contribution in [0.1, 0.15) is 122 Å². The van der Waals surface area contributed by atoms with Gasteiger partial charge in [0.05, 0.1) is 0 Å². The summed E-state index contributed by atoms with van der Waals surface area (Å²) in [5, 5.41) is 10.8. The van der Waals surface area contributed by atoms with Crippen molar-refractivity contribution < 1.29 is 9.59 Å². The van der Waals surface area contributed by atoms with E-state index < -0.39 is 0 Å². The smallest absolute Gasteiger partial charge is 0.222 e. The number of isocyanates is 2. The molecular weight excluding hydrogens is 348 g/mol. The first-order valence-electron chi connectivity index (χ1n) is 11.8. The summed E-state index contributed by atoms with van der Waals surface area (Å²) < 4.78 is 0. The first-order chi connectivity index (χ1) is 13.7. The highest BCUT2D eigenvalue weighted by Crippen LogP contribution is 2.42. The zero-order valence-corrected chi connectivity index (χ0v) is 18.3. The molecule has 0 amide bonds. The molecule has 2 fully saturated rings. The van der Waals surface area contributed by atoms with E-state index in [1.807, 2.05) is 0 Å². The lowest BCUT2D eigenvalue weighted by molar-refractivity contribution is 0.131. The first-order valence-corrected chi connectivity index (χ1v) is 11.8. The van der Waals surface area contributed by atoms with Gasteiger partial charge in [-0.15, -0.1) is 0 Å². The van der Waals surface area contributed by atoms with E-state index in [0.717, 1.165) is 29.9 Å². The minimum Gasteiger partial charge on any atom is -0.222 e. The second-order valence-electron chi connectivity index (χ2n) is 8.57. The molecule has 0 radical (unpaired) electrons. The Balaban J connectivity index is 0.00000108. The summed E-state index contributed by atoms with van der Waals surface area (Å²) in [4.78, 5) is 16.7. The lowest BCUT2D eigenvalue weighted by atomic mass is 9.68. The van der Waals surface area contributed by atoms with Gasteiger partial charge in [-0.1, -0.05) is 116 Å². The van der Waals surface area contributed by atoms with Crippen molar-refractivity contribution in [2.24, 2.45) is 17.8 Å². The molecule has 0 spiro atoms. The Kier molecular flexibility index (Phi) is 19.6. The molecule has 2 rings (SSSR count). The highest BCUT2D eigenvalue weighted by Gasteiger charge is 2.30. The summed E-state index contributed by atoms with van der Waals surface area (Å²) in [5.41, 5.74) is 0. The van der Waals surface area contributed by atoms with Crippen LogP contribution in [0, 0.1) is 28.6 Å². The summed E-state index contributed by atoms with van der Waals surface area (Å²) in [5.74, 6) is 3.32. The molecule has 0 bridgehead atoms. The van der Waals surface area contributed by atoms with Gasteiger partial charge in [-0.25, -0.2) is 20.4 Å². The number of hydrogen-bond donors (Lipinski definition) is 2. The molecule has 2 saturated carbocycles. The molecule has 2 aliphatic rings. The monoisotopic (exact) mass is 392 g/mol. The van der Waals surface area contributed by atoms with Gasteiger partial charge in [0.1, 0.15) is 0 Å². The largest absolute Gasteiger partial charge is 0.231 e. The number of hydrogen-bond acceptors (Lipinski definition) is 4. The average molecular weight is 393 g/mol. The van der Waals surface area contributed by atoms with Crippen LogP contribution in [0.25, 0.3) is 0 Å². The van der Waals surface area contributed by atoms with Crippen molar-refractivity contribution in [3.8, 4) is 0 Å². The quantitative estimate of drug-likeness (QED) is 0.227. The lowest BCUT2D eigenvalue weighted by Gasteiger charge is -2.38. The van der Waals surface area contributed by atoms with Gasteiger partial charge in [-0.3, -0.25) is 0 Å². The number of nitrogens with one attached hydrogen (secondary N) is 2. The Hall–Kier alpha value is -1.24.